The van der Waals surface area contributed by atoms with Gasteiger partial charge in [-0.25, -0.2) is 0 Å². The number of ether oxygens (including phenoxy) is 2. The molecular formula is C22H30N6O3S. The fourth-order valence-electron chi connectivity index (χ4n) is 3.21. The van der Waals surface area contributed by atoms with Gasteiger partial charge < -0.3 is 14.8 Å². The fraction of sp³-hybridized carbons (Fsp3) is 0.455. The normalized spacial score (nSPS) is 11.0. The minimum atomic E-state index is -0.0985. The Kier molecular flexibility index (Phi) is 8.29. The van der Waals surface area contributed by atoms with Gasteiger partial charge in [-0.3, -0.25) is 14.0 Å². The Morgan fingerprint density at radius 3 is 2.72 bits per heavy atom. The summed E-state index contributed by atoms with van der Waals surface area (Å²) in [5.41, 5.74) is 3.77. The zero-order valence-corrected chi connectivity index (χ0v) is 20.0. The van der Waals surface area contributed by atoms with Crippen LogP contribution in [0.25, 0.3) is 11.4 Å². The molecule has 2 heterocycles. The summed E-state index contributed by atoms with van der Waals surface area (Å²) >= 11 is 1.33. The number of hydrogen-bond acceptors (Lipinski definition) is 7. The van der Waals surface area contributed by atoms with Crippen LogP contribution in [0.1, 0.15) is 25.0 Å². The smallest absolute Gasteiger partial charge is 0.243 e. The third kappa shape index (κ3) is 5.68. The minimum absolute atomic E-state index is 0.0985. The van der Waals surface area contributed by atoms with Gasteiger partial charge in [-0.2, -0.15) is 0 Å². The van der Waals surface area contributed by atoms with Gasteiger partial charge in [0.25, 0.3) is 0 Å². The molecule has 1 N–H and O–H groups in total. The molecular weight excluding hydrogens is 428 g/mol. The third-order valence-corrected chi connectivity index (χ3v) is 5.76. The molecule has 0 fully saturated rings. The number of amides is 1. The molecule has 32 heavy (non-hydrogen) atoms. The Bertz CT molecular complexity index is 1060. The summed E-state index contributed by atoms with van der Waals surface area (Å²) in [4.78, 5) is 12.6. The first-order valence-electron chi connectivity index (χ1n) is 10.6. The highest BCUT2D eigenvalue weighted by Crippen LogP contribution is 2.30. The summed E-state index contributed by atoms with van der Waals surface area (Å²) in [6.07, 6.45) is 1.90. The summed E-state index contributed by atoms with van der Waals surface area (Å²) in [5.74, 6) is 1.27. The third-order valence-electron chi connectivity index (χ3n) is 4.80. The predicted molar refractivity (Wildman–Crippen MR) is 125 cm³/mol. The summed E-state index contributed by atoms with van der Waals surface area (Å²) in [5, 5.41) is 16.8. The molecule has 0 bridgehead atoms. The van der Waals surface area contributed by atoms with E-state index < -0.39 is 0 Å². The molecule has 1 amide bonds. The largest absolute Gasteiger partial charge is 0.476 e. The van der Waals surface area contributed by atoms with Crippen LogP contribution in [0.2, 0.25) is 0 Å². The van der Waals surface area contributed by atoms with E-state index in [-0.39, 0.29) is 11.7 Å². The molecule has 9 nitrogen and oxygen atoms in total. The number of carbonyl (C=O) groups is 1. The second kappa shape index (κ2) is 11.1. The van der Waals surface area contributed by atoms with Crippen LogP contribution < -0.4 is 10.1 Å². The lowest BCUT2D eigenvalue weighted by Gasteiger charge is -2.11. The Morgan fingerprint density at radius 2 is 2.03 bits per heavy atom. The van der Waals surface area contributed by atoms with Gasteiger partial charge in [0.05, 0.1) is 25.5 Å². The van der Waals surface area contributed by atoms with Crippen molar-refractivity contribution in [2.75, 3.05) is 31.4 Å². The van der Waals surface area contributed by atoms with Gasteiger partial charge in [-0.05, 0) is 39.3 Å². The highest BCUT2D eigenvalue weighted by atomic mass is 32.2. The topological polar surface area (TPSA) is 96.1 Å². The molecule has 2 aromatic heterocycles. The van der Waals surface area contributed by atoms with E-state index >= 15 is 0 Å². The number of rotatable bonds is 11. The quantitative estimate of drug-likeness (QED) is 0.439. The van der Waals surface area contributed by atoms with E-state index in [1.54, 1.807) is 11.8 Å². The number of carbonyl (C=O) groups excluding carboxylic acids is 1. The van der Waals surface area contributed by atoms with Crippen LogP contribution in [0.4, 0.5) is 5.69 Å². The van der Waals surface area contributed by atoms with Gasteiger partial charge in [-0.15, -0.1) is 15.3 Å². The van der Waals surface area contributed by atoms with Crippen molar-refractivity contribution in [1.82, 2.24) is 24.5 Å². The number of hydrogen-bond donors (Lipinski definition) is 1. The second-order valence-electron chi connectivity index (χ2n) is 7.24. The highest BCUT2D eigenvalue weighted by Gasteiger charge is 2.21. The van der Waals surface area contributed by atoms with Gasteiger partial charge in [-0.1, -0.05) is 29.5 Å². The molecule has 1 aromatic carbocycles. The van der Waals surface area contributed by atoms with Gasteiger partial charge in [0.1, 0.15) is 5.56 Å². The molecule has 0 radical (unpaired) electrons. The van der Waals surface area contributed by atoms with Crippen molar-refractivity contribution in [2.45, 2.75) is 45.9 Å². The lowest BCUT2D eigenvalue weighted by Crippen LogP contribution is -2.16. The van der Waals surface area contributed by atoms with Crippen LogP contribution in [0.15, 0.2) is 29.6 Å². The van der Waals surface area contributed by atoms with Gasteiger partial charge >= 0.3 is 0 Å². The molecule has 0 saturated carbocycles. The number of nitrogens with one attached hydrogen (secondary N) is 1. The van der Waals surface area contributed by atoms with Crippen molar-refractivity contribution in [3.8, 4) is 17.3 Å². The SMILES string of the molecule is CCOc1nn(CC)cc1-c1nnc(SCC(=O)Nc2ccc(C)cc2C)n1CCOC. The summed E-state index contributed by atoms with van der Waals surface area (Å²) in [6, 6.07) is 5.95. The van der Waals surface area contributed by atoms with Gasteiger partial charge in [0.2, 0.25) is 11.8 Å². The van der Waals surface area contributed by atoms with E-state index in [9.17, 15) is 4.79 Å². The first-order chi connectivity index (χ1) is 15.5. The Hall–Kier alpha value is -2.85. The monoisotopic (exact) mass is 458 g/mol. The highest BCUT2D eigenvalue weighted by molar-refractivity contribution is 7.99. The van der Waals surface area contributed by atoms with Crippen LogP contribution in [-0.2, 0) is 22.6 Å². The Labute approximate surface area is 192 Å². The van der Waals surface area contributed by atoms with Crippen molar-refractivity contribution in [1.29, 1.82) is 0 Å². The van der Waals surface area contributed by atoms with E-state index in [2.05, 4.69) is 20.6 Å². The van der Waals surface area contributed by atoms with Crippen LogP contribution in [0, 0.1) is 13.8 Å². The predicted octanol–water partition coefficient (Wildman–Crippen LogP) is 3.55. The molecule has 0 spiro atoms. The number of thioether (sulfide) groups is 1. The molecule has 0 aliphatic rings. The maximum absolute atomic E-state index is 12.6. The van der Waals surface area contributed by atoms with Crippen molar-refractivity contribution >= 4 is 23.4 Å². The van der Waals surface area contributed by atoms with Crippen molar-refractivity contribution < 1.29 is 14.3 Å². The molecule has 0 saturated heterocycles. The standard InChI is InChI=1S/C22H30N6O3S/c1-6-27-13-17(21(26-27)31-7-2)20-24-25-22(28(20)10-11-30-5)32-14-19(29)23-18-9-8-15(3)12-16(18)4/h8-9,12-13H,6-7,10-11,14H2,1-5H3,(H,23,29). The number of aryl methyl sites for hydroxylation is 3. The average molecular weight is 459 g/mol. The first-order valence-corrected chi connectivity index (χ1v) is 11.6. The van der Waals surface area contributed by atoms with E-state index in [0.717, 1.165) is 22.4 Å². The van der Waals surface area contributed by atoms with Crippen LogP contribution in [0.3, 0.4) is 0 Å². The van der Waals surface area contributed by atoms with Gasteiger partial charge in [0.15, 0.2) is 11.0 Å². The first kappa shape index (κ1) is 23.8. The maximum Gasteiger partial charge on any atom is 0.243 e. The zero-order chi connectivity index (χ0) is 23.1. The van der Waals surface area contributed by atoms with Crippen LogP contribution in [0.5, 0.6) is 5.88 Å². The number of nitrogens with zero attached hydrogens (tertiary/aromatic N) is 5. The fourth-order valence-corrected chi connectivity index (χ4v) is 3.98. The summed E-state index contributed by atoms with van der Waals surface area (Å²) in [6.45, 7) is 10.2. The molecule has 0 aliphatic carbocycles. The molecule has 0 atom stereocenters. The molecule has 3 aromatic rings. The lowest BCUT2D eigenvalue weighted by atomic mass is 10.1. The molecule has 0 unspecified atom stereocenters. The lowest BCUT2D eigenvalue weighted by molar-refractivity contribution is -0.113. The van der Waals surface area contributed by atoms with Gasteiger partial charge in [0, 0.05) is 25.5 Å². The molecule has 0 aliphatic heterocycles. The number of methoxy groups -OCH3 is 1. The minimum Gasteiger partial charge on any atom is -0.476 e. The Balaban J connectivity index is 1.79. The van der Waals surface area contributed by atoms with E-state index in [4.69, 9.17) is 9.47 Å². The van der Waals surface area contributed by atoms with Crippen molar-refractivity contribution in [2.24, 2.45) is 0 Å². The van der Waals surface area contributed by atoms with Crippen LogP contribution in [-0.4, -0.2) is 56.5 Å². The molecule has 172 valence electrons. The number of anilines is 1. The number of benzene rings is 1. The second-order valence-corrected chi connectivity index (χ2v) is 8.18. The maximum atomic E-state index is 12.6. The van der Waals surface area contributed by atoms with E-state index in [1.807, 2.05) is 56.7 Å². The summed E-state index contributed by atoms with van der Waals surface area (Å²) < 4.78 is 14.7. The number of aromatic nitrogens is 5. The van der Waals surface area contributed by atoms with Crippen molar-refractivity contribution in [3.63, 3.8) is 0 Å². The average Bonchev–Trinajstić information content (AvgIpc) is 3.36. The summed E-state index contributed by atoms with van der Waals surface area (Å²) in [7, 11) is 1.65. The van der Waals surface area contributed by atoms with E-state index in [0.29, 0.717) is 43.2 Å². The van der Waals surface area contributed by atoms with E-state index in [1.165, 1.54) is 11.8 Å². The van der Waals surface area contributed by atoms with Crippen LogP contribution >= 0.6 is 11.8 Å². The van der Waals surface area contributed by atoms with Crippen molar-refractivity contribution in [3.05, 3.63) is 35.5 Å². The zero-order valence-electron chi connectivity index (χ0n) is 19.2. The molecule has 10 heteroatoms. The molecule has 3 rings (SSSR count). The Morgan fingerprint density at radius 1 is 1.22 bits per heavy atom.